The van der Waals surface area contributed by atoms with E-state index in [0.717, 1.165) is 16.7 Å². The molecule has 2 amide bonds. The summed E-state index contributed by atoms with van der Waals surface area (Å²) in [6, 6.07) is 2.30. The monoisotopic (exact) mass is 381 g/mol. The first-order valence-electron chi connectivity index (χ1n) is 7.52. The number of imide groups is 1. The van der Waals surface area contributed by atoms with E-state index in [2.05, 4.69) is 4.74 Å². The van der Waals surface area contributed by atoms with E-state index in [0.29, 0.717) is 22.8 Å². The van der Waals surface area contributed by atoms with Crippen molar-refractivity contribution < 1.29 is 33.3 Å². The zero-order valence-corrected chi connectivity index (χ0v) is 15.8. The topological polar surface area (TPSA) is 91.4 Å². The van der Waals surface area contributed by atoms with Crippen molar-refractivity contribution in [3.63, 3.8) is 0 Å². The summed E-state index contributed by atoms with van der Waals surface area (Å²) in [6.45, 7) is 1.44. The number of rotatable bonds is 6. The Bertz CT molecular complexity index is 749. The van der Waals surface area contributed by atoms with Crippen molar-refractivity contribution in [2.75, 3.05) is 28.4 Å². The predicted molar refractivity (Wildman–Crippen MR) is 95.4 cm³/mol. The third kappa shape index (κ3) is 3.62. The first-order chi connectivity index (χ1) is 12.4. The molecule has 1 saturated heterocycles. The van der Waals surface area contributed by atoms with Crippen LogP contribution in [0, 0.1) is 0 Å². The Morgan fingerprint density at radius 3 is 2.12 bits per heavy atom. The van der Waals surface area contributed by atoms with Crippen LogP contribution < -0.4 is 14.2 Å². The number of thioether (sulfide) groups is 1. The molecule has 1 atom stereocenters. The SMILES string of the molecule is COC(=O)C(C)N1C(=O)S/C(=C/c2cc(OC)c(OC)c(OC)c2)C1=O. The molecule has 1 aliphatic heterocycles. The Hall–Kier alpha value is -2.68. The number of carbonyl (C=O) groups is 3. The van der Waals surface area contributed by atoms with Gasteiger partial charge in [0.2, 0.25) is 5.75 Å². The van der Waals surface area contributed by atoms with Crippen molar-refractivity contribution >= 4 is 35.0 Å². The van der Waals surface area contributed by atoms with E-state index in [9.17, 15) is 14.4 Å². The minimum Gasteiger partial charge on any atom is -0.493 e. The molecule has 0 aromatic heterocycles. The molecule has 140 valence electrons. The van der Waals surface area contributed by atoms with Gasteiger partial charge in [-0.1, -0.05) is 0 Å². The molecule has 1 fully saturated rings. The molecule has 2 rings (SSSR count). The summed E-state index contributed by atoms with van der Waals surface area (Å²) in [7, 11) is 5.64. The van der Waals surface area contributed by atoms with Gasteiger partial charge >= 0.3 is 5.97 Å². The van der Waals surface area contributed by atoms with Crippen LogP contribution in [0.4, 0.5) is 4.79 Å². The fourth-order valence-electron chi connectivity index (χ4n) is 2.43. The predicted octanol–water partition coefficient (Wildman–Crippen LogP) is 2.31. The number of carbonyl (C=O) groups excluding carboxylic acids is 3. The number of benzene rings is 1. The Balaban J connectivity index is 2.40. The lowest BCUT2D eigenvalue weighted by atomic mass is 10.1. The lowest BCUT2D eigenvalue weighted by molar-refractivity contribution is -0.148. The standard InChI is InChI=1S/C17H19NO7S/c1-9(16(20)25-5)18-15(19)13(26-17(18)21)8-10-6-11(22-2)14(24-4)12(7-10)23-3/h6-9H,1-5H3/b13-8+. The molecule has 8 nitrogen and oxygen atoms in total. The molecule has 0 bridgehead atoms. The number of hydrogen-bond acceptors (Lipinski definition) is 8. The van der Waals surface area contributed by atoms with E-state index in [-0.39, 0.29) is 4.91 Å². The summed E-state index contributed by atoms with van der Waals surface area (Å²) < 4.78 is 20.4. The van der Waals surface area contributed by atoms with Crippen LogP contribution in [0.3, 0.4) is 0 Å². The highest BCUT2D eigenvalue weighted by Gasteiger charge is 2.41. The fraction of sp³-hybridized carbons (Fsp3) is 0.353. The molecule has 1 aliphatic rings. The van der Waals surface area contributed by atoms with Gasteiger partial charge < -0.3 is 18.9 Å². The second kappa shape index (κ2) is 8.13. The van der Waals surface area contributed by atoms with E-state index in [1.165, 1.54) is 41.4 Å². The van der Waals surface area contributed by atoms with Gasteiger partial charge in [0.1, 0.15) is 6.04 Å². The summed E-state index contributed by atoms with van der Waals surface area (Å²) in [5.74, 6) is 0.0214. The second-order valence-electron chi connectivity index (χ2n) is 5.21. The molecule has 9 heteroatoms. The Morgan fingerprint density at radius 1 is 1.08 bits per heavy atom. The van der Waals surface area contributed by atoms with E-state index < -0.39 is 23.2 Å². The number of hydrogen-bond donors (Lipinski definition) is 0. The normalized spacial score (nSPS) is 16.7. The molecule has 0 spiro atoms. The summed E-state index contributed by atoms with van der Waals surface area (Å²) >= 11 is 0.748. The summed E-state index contributed by atoms with van der Waals surface area (Å²) in [4.78, 5) is 37.4. The maximum Gasteiger partial charge on any atom is 0.328 e. The highest BCUT2D eigenvalue weighted by Crippen LogP contribution is 2.40. The van der Waals surface area contributed by atoms with Crippen molar-refractivity contribution in [2.45, 2.75) is 13.0 Å². The molecule has 0 N–H and O–H groups in total. The van der Waals surface area contributed by atoms with Gasteiger partial charge in [-0.05, 0) is 42.5 Å². The number of amides is 2. The van der Waals surface area contributed by atoms with Gasteiger partial charge in [0.25, 0.3) is 11.1 Å². The zero-order chi connectivity index (χ0) is 19.4. The maximum atomic E-state index is 12.5. The van der Waals surface area contributed by atoms with E-state index in [1.54, 1.807) is 12.1 Å². The van der Waals surface area contributed by atoms with Crippen molar-refractivity contribution in [3.8, 4) is 17.2 Å². The van der Waals surface area contributed by atoms with Crippen molar-refractivity contribution in [2.24, 2.45) is 0 Å². The minimum atomic E-state index is -1.00. The zero-order valence-electron chi connectivity index (χ0n) is 15.0. The molecular weight excluding hydrogens is 362 g/mol. The van der Waals surface area contributed by atoms with Gasteiger partial charge in [-0.15, -0.1) is 0 Å². The van der Waals surface area contributed by atoms with Crippen molar-refractivity contribution in [1.29, 1.82) is 0 Å². The third-order valence-corrected chi connectivity index (χ3v) is 4.62. The first kappa shape index (κ1) is 19.6. The van der Waals surface area contributed by atoms with Crippen molar-refractivity contribution in [1.82, 2.24) is 4.90 Å². The lowest BCUT2D eigenvalue weighted by Crippen LogP contribution is -2.42. The lowest BCUT2D eigenvalue weighted by Gasteiger charge is -2.18. The van der Waals surface area contributed by atoms with Crippen LogP contribution in [0.15, 0.2) is 17.0 Å². The van der Waals surface area contributed by atoms with Crippen LogP contribution >= 0.6 is 11.8 Å². The summed E-state index contributed by atoms with van der Waals surface area (Å²) in [5.41, 5.74) is 0.579. The summed E-state index contributed by atoms with van der Waals surface area (Å²) in [5, 5.41) is -0.536. The molecule has 0 radical (unpaired) electrons. The van der Waals surface area contributed by atoms with Crippen LogP contribution in [-0.4, -0.2) is 56.5 Å². The van der Waals surface area contributed by atoms with Gasteiger partial charge in [-0.25, -0.2) is 4.79 Å². The molecule has 1 heterocycles. The molecule has 0 saturated carbocycles. The van der Waals surface area contributed by atoms with Crippen LogP contribution in [-0.2, 0) is 14.3 Å². The first-order valence-corrected chi connectivity index (χ1v) is 8.34. The second-order valence-corrected chi connectivity index (χ2v) is 6.20. The largest absolute Gasteiger partial charge is 0.493 e. The molecule has 26 heavy (non-hydrogen) atoms. The van der Waals surface area contributed by atoms with Gasteiger partial charge in [-0.2, -0.15) is 0 Å². The Labute approximate surface area is 155 Å². The number of methoxy groups -OCH3 is 4. The quantitative estimate of drug-likeness (QED) is 0.548. The van der Waals surface area contributed by atoms with Gasteiger partial charge in [0.05, 0.1) is 33.3 Å². The van der Waals surface area contributed by atoms with Crippen molar-refractivity contribution in [3.05, 3.63) is 22.6 Å². The molecular formula is C17H19NO7S. The Morgan fingerprint density at radius 2 is 1.65 bits per heavy atom. The van der Waals surface area contributed by atoms with Crippen LogP contribution in [0.5, 0.6) is 17.2 Å². The van der Waals surface area contributed by atoms with E-state index in [4.69, 9.17) is 14.2 Å². The van der Waals surface area contributed by atoms with Gasteiger partial charge in [0.15, 0.2) is 11.5 Å². The number of nitrogens with zero attached hydrogens (tertiary/aromatic N) is 1. The van der Waals surface area contributed by atoms with Gasteiger partial charge in [0, 0.05) is 0 Å². The molecule has 1 aromatic carbocycles. The average Bonchev–Trinajstić information content (AvgIpc) is 2.92. The minimum absolute atomic E-state index is 0.181. The van der Waals surface area contributed by atoms with E-state index in [1.807, 2.05) is 0 Å². The average molecular weight is 381 g/mol. The highest BCUT2D eigenvalue weighted by molar-refractivity contribution is 8.18. The van der Waals surface area contributed by atoms with E-state index >= 15 is 0 Å². The highest BCUT2D eigenvalue weighted by atomic mass is 32.2. The maximum absolute atomic E-state index is 12.5. The van der Waals surface area contributed by atoms with Crippen LogP contribution in [0.1, 0.15) is 12.5 Å². The number of esters is 1. The molecule has 1 aromatic rings. The Kier molecular flexibility index (Phi) is 6.14. The van der Waals surface area contributed by atoms with Crippen LogP contribution in [0.25, 0.3) is 6.08 Å². The smallest absolute Gasteiger partial charge is 0.328 e. The molecule has 0 aliphatic carbocycles. The molecule has 1 unspecified atom stereocenters. The fourth-order valence-corrected chi connectivity index (χ4v) is 3.33. The summed E-state index contributed by atoms with van der Waals surface area (Å²) in [6.07, 6.45) is 1.53. The van der Waals surface area contributed by atoms with Gasteiger partial charge in [-0.3, -0.25) is 14.5 Å². The van der Waals surface area contributed by atoms with Crippen LogP contribution in [0.2, 0.25) is 0 Å². The number of ether oxygens (including phenoxy) is 4. The third-order valence-electron chi connectivity index (χ3n) is 3.74.